The zero-order chi connectivity index (χ0) is 20.4. The molecule has 1 atom stereocenters. The lowest BCUT2D eigenvalue weighted by atomic mass is 9.97. The van der Waals surface area contributed by atoms with Gasteiger partial charge in [-0.3, -0.25) is 4.90 Å². The highest BCUT2D eigenvalue weighted by atomic mass is 16.5. The van der Waals surface area contributed by atoms with Gasteiger partial charge in [0.25, 0.3) is 0 Å². The van der Waals surface area contributed by atoms with Crippen LogP contribution in [0.1, 0.15) is 40.4 Å². The molecular formula is C25H30N2O2. The molecule has 3 aromatic rings. The molecule has 0 saturated heterocycles. The van der Waals surface area contributed by atoms with Crippen molar-refractivity contribution in [1.29, 1.82) is 0 Å². The van der Waals surface area contributed by atoms with Crippen LogP contribution in [0, 0.1) is 13.8 Å². The number of hydrogen-bond donors (Lipinski definition) is 0. The first kappa shape index (κ1) is 19.6. The van der Waals surface area contributed by atoms with Gasteiger partial charge in [0.05, 0.1) is 20.3 Å². The Labute approximate surface area is 173 Å². The lowest BCUT2D eigenvalue weighted by Gasteiger charge is -2.31. The second-order valence-corrected chi connectivity index (χ2v) is 7.85. The quantitative estimate of drug-likeness (QED) is 0.605. The number of para-hydroxylation sites is 1. The van der Waals surface area contributed by atoms with Crippen LogP contribution in [0.25, 0.3) is 0 Å². The van der Waals surface area contributed by atoms with Gasteiger partial charge >= 0.3 is 0 Å². The zero-order valence-electron chi connectivity index (χ0n) is 17.8. The summed E-state index contributed by atoms with van der Waals surface area (Å²) in [7, 11) is 3.41. The van der Waals surface area contributed by atoms with Crippen molar-refractivity contribution < 1.29 is 9.47 Å². The van der Waals surface area contributed by atoms with Crippen LogP contribution in [-0.4, -0.2) is 30.2 Å². The average Bonchev–Trinajstić information content (AvgIpc) is 3.11. The van der Waals surface area contributed by atoms with Crippen LogP contribution in [0.2, 0.25) is 0 Å². The molecule has 0 radical (unpaired) electrons. The Balaban J connectivity index is 1.77. The van der Waals surface area contributed by atoms with E-state index < -0.39 is 0 Å². The van der Waals surface area contributed by atoms with Crippen LogP contribution >= 0.6 is 0 Å². The van der Waals surface area contributed by atoms with Crippen LogP contribution in [-0.2, 0) is 13.1 Å². The van der Waals surface area contributed by atoms with Crippen LogP contribution in [0.5, 0.6) is 11.5 Å². The molecule has 1 aliphatic rings. The molecule has 0 fully saturated rings. The van der Waals surface area contributed by atoms with Crippen molar-refractivity contribution in [1.82, 2.24) is 9.47 Å². The highest BCUT2D eigenvalue weighted by Crippen LogP contribution is 2.37. The Morgan fingerprint density at radius 3 is 2.55 bits per heavy atom. The summed E-state index contributed by atoms with van der Waals surface area (Å²) in [6.07, 6.45) is 3.33. The maximum Gasteiger partial charge on any atom is 0.165 e. The third-order valence-electron chi connectivity index (χ3n) is 6.06. The molecule has 0 spiro atoms. The minimum absolute atomic E-state index is 0.211. The lowest BCUT2D eigenvalue weighted by Crippen LogP contribution is -2.29. The fourth-order valence-corrected chi connectivity index (χ4v) is 4.42. The first-order valence-electron chi connectivity index (χ1n) is 10.3. The molecule has 0 unspecified atom stereocenters. The van der Waals surface area contributed by atoms with Crippen molar-refractivity contribution in [2.24, 2.45) is 0 Å². The molecular weight excluding hydrogens is 360 g/mol. The van der Waals surface area contributed by atoms with E-state index in [0.717, 1.165) is 43.1 Å². The predicted octanol–water partition coefficient (Wildman–Crippen LogP) is 5.12. The van der Waals surface area contributed by atoms with E-state index in [1.54, 1.807) is 14.2 Å². The van der Waals surface area contributed by atoms with E-state index in [1.165, 1.54) is 22.4 Å². The van der Waals surface area contributed by atoms with Gasteiger partial charge in [0.1, 0.15) is 0 Å². The Kier molecular flexibility index (Phi) is 5.63. The van der Waals surface area contributed by atoms with Crippen molar-refractivity contribution in [3.63, 3.8) is 0 Å². The Morgan fingerprint density at radius 2 is 1.79 bits per heavy atom. The molecule has 29 heavy (non-hydrogen) atoms. The summed E-state index contributed by atoms with van der Waals surface area (Å²) in [5.74, 6) is 1.61. The summed E-state index contributed by atoms with van der Waals surface area (Å²) in [5.41, 5.74) is 6.52. The molecule has 2 aromatic carbocycles. The second-order valence-electron chi connectivity index (χ2n) is 7.85. The molecule has 4 heteroatoms. The van der Waals surface area contributed by atoms with Gasteiger partial charge in [-0.25, -0.2) is 0 Å². The van der Waals surface area contributed by atoms with Crippen molar-refractivity contribution in [2.75, 3.05) is 20.8 Å². The number of aromatic nitrogens is 1. The van der Waals surface area contributed by atoms with Gasteiger partial charge in [0.2, 0.25) is 0 Å². The minimum Gasteiger partial charge on any atom is -0.493 e. The summed E-state index contributed by atoms with van der Waals surface area (Å²) >= 11 is 0. The largest absolute Gasteiger partial charge is 0.493 e. The predicted molar refractivity (Wildman–Crippen MR) is 117 cm³/mol. The number of rotatable bonds is 5. The third kappa shape index (κ3) is 3.77. The maximum atomic E-state index is 5.71. The number of aryl methyl sites for hydroxylation is 3. The molecule has 1 aromatic heterocycles. The van der Waals surface area contributed by atoms with Gasteiger partial charge in [-0.2, -0.15) is 0 Å². The fourth-order valence-electron chi connectivity index (χ4n) is 4.42. The standard InChI is InChI=1S/C25H30N2O2/c1-18-11-12-20(16-19(18)2)24-22-9-6-13-26(22)14-7-15-27(24)17-21-8-5-10-23(28-3)25(21)29-4/h5-6,8-13,16,24H,7,14-15,17H2,1-4H3/t24-/m0/s1. The van der Waals surface area contributed by atoms with Gasteiger partial charge < -0.3 is 14.0 Å². The first-order chi connectivity index (χ1) is 14.1. The molecule has 0 N–H and O–H groups in total. The summed E-state index contributed by atoms with van der Waals surface area (Å²) in [6.45, 7) is 7.26. The van der Waals surface area contributed by atoms with E-state index in [4.69, 9.17) is 9.47 Å². The second kappa shape index (κ2) is 8.34. The first-order valence-corrected chi connectivity index (χ1v) is 10.3. The molecule has 1 aliphatic heterocycles. The molecule has 152 valence electrons. The lowest BCUT2D eigenvalue weighted by molar-refractivity contribution is 0.216. The summed E-state index contributed by atoms with van der Waals surface area (Å²) in [4.78, 5) is 2.57. The van der Waals surface area contributed by atoms with E-state index in [-0.39, 0.29) is 6.04 Å². The maximum absolute atomic E-state index is 5.71. The Morgan fingerprint density at radius 1 is 0.931 bits per heavy atom. The Bertz CT molecular complexity index is 992. The minimum atomic E-state index is 0.211. The van der Waals surface area contributed by atoms with Gasteiger partial charge in [-0.15, -0.1) is 0 Å². The number of nitrogens with zero attached hydrogens (tertiary/aromatic N) is 2. The van der Waals surface area contributed by atoms with Crippen molar-refractivity contribution in [3.8, 4) is 11.5 Å². The average molecular weight is 391 g/mol. The number of benzene rings is 2. The molecule has 0 saturated carbocycles. The molecule has 0 amide bonds. The third-order valence-corrected chi connectivity index (χ3v) is 6.06. The molecule has 4 rings (SSSR count). The highest BCUT2D eigenvalue weighted by molar-refractivity contribution is 5.47. The number of ether oxygens (including phenoxy) is 2. The molecule has 4 nitrogen and oxygen atoms in total. The van der Waals surface area contributed by atoms with E-state index in [0.29, 0.717) is 0 Å². The van der Waals surface area contributed by atoms with Crippen LogP contribution < -0.4 is 9.47 Å². The topological polar surface area (TPSA) is 26.6 Å². The fraction of sp³-hybridized carbons (Fsp3) is 0.360. The zero-order valence-corrected chi connectivity index (χ0v) is 17.8. The summed E-state index contributed by atoms with van der Waals surface area (Å²) in [6, 6.07) is 17.7. The SMILES string of the molecule is COc1cccc(CN2CCCn3cccc3[C@@H]2c2ccc(C)c(C)c2)c1OC. The summed E-state index contributed by atoms with van der Waals surface area (Å²) in [5, 5.41) is 0. The smallest absolute Gasteiger partial charge is 0.165 e. The van der Waals surface area contributed by atoms with Gasteiger partial charge in [0.15, 0.2) is 11.5 Å². The monoisotopic (exact) mass is 390 g/mol. The van der Waals surface area contributed by atoms with Gasteiger partial charge in [0, 0.05) is 37.1 Å². The number of fused-ring (bicyclic) bond motifs is 1. The number of hydrogen-bond acceptors (Lipinski definition) is 3. The van der Waals surface area contributed by atoms with Gasteiger partial charge in [-0.05, 0) is 55.2 Å². The van der Waals surface area contributed by atoms with Crippen LogP contribution in [0.4, 0.5) is 0 Å². The van der Waals surface area contributed by atoms with E-state index >= 15 is 0 Å². The molecule has 0 bridgehead atoms. The van der Waals surface area contributed by atoms with Crippen molar-refractivity contribution in [3.05, 3.63) is 82.7 Å². The Hall–Kier alpha value is -2.72. The summed E-state index contributed by atoms with van der Waals surface area (Å²) < 4.78 is 13.6. The molecule has 2 heterocycles. The van der Waals surface area contributed by atoms with Gasteiger partial charge in [-0.1, -0.05) is 30.3 Å². The van der Waals surface area contributed by atoms with Crippen LogP contribution in [0.3, 0.4) is 0 Å². The van der Waals surface area contributed by atoms with Crippen molar-refractivity contribution in [2.45, 2.75) is 39.4 Å². The highest BCUT2D eigenvalue weighted by Gasteiger charge is 2.28. The van der Waals surface area contributed by atoms with E-state index in [2.05, 4.69) is 65.9 Å². The molecule has 0 aliphatic carbocycles. The van der Waals surface area contributed by atoms with Crippen LogP contribution in [0.15, 0.2) is 54.7 Å². The van der Waals surface area contributed by atoms with E-state index in [9.17, 15) is 0 Å². The normalized spacial score (nSPS) is 16.9. The van der Waals surface area contributed by atoms with Crippen molar-refractivity contribution >= 4 is 0 Å². The van der Waals surface area contributed by atoms with E-state index in [1.807, 2.05) is 12.1 Å². The number of methoxy groups -OCH3 is 2.